The first-order valence-corrected chi connectivity index (χ1v) is 19.3. The molecule has 19 heteroatoms. The number of hydrogen-bond acceptors (Lipinski definition) is 12. The smallest absolute Gasteiger partial charge is 0.472 e. The number of hydrogen-bond donors (Lipinski definition) is 3. The van der Waals surface area contributed by atoms with Crippen molar-refractivity contribution < 1.29 is 55.3 Å². The van der Waals surface area contributed by atoms with Crippen LogP contribution >= 0.6 is 0 Å². The molecule has 0 unspecified atom stereocenters. The van der Waals surface area contributed by atoms with Crippen LogP contribution in [0.2, 0.25) is 0 Å². The van der Waals surface area contributed by atoms with Gasteiger partial charge >= 0.3 is 12.4 Å². The number of benzene rings is 1. The Kier molecular flexibility index (Phi) is 9.69. The summed E-state index contributed by atoms with van der Waals surface area (Å²) in [6, 6.07) is 1.60. The minimum absolute atomic E-state index is 0.0159. The molecule has 0 radical (unpaired) electrons. The summed E-state index contributed by atoms with van der Waals surface area (Å²) in [4.78, 5) is 61.1. The maximum Gasteiger partial charge on any atom is 0.586 e. The Hall–Kier alpha value is -4.52. The first-order chi connectivity index (χ1) is 25.0. The largest absolute Gasteiger partial charge is 0.586 e. The quantitative estimate of drug-likeness (QED) is 0.180. The van der Waals surface area contributed by atoms with E-state index in [1.54, 1.807) is 48.5 Å². The third-order valence-corrected chi connectivity index (χ3v) is 11.8. The Bertz CT molecular complexity index is 1980. The van der Waals surface area contributed by atoms with E-state index in [0.29, 0.717) is 19.3 Å². The number of aromatic nitrogens is 1. The second kappa shape index (κ2) is 13.3. The van der Waals surface area contributed by atoms with Gasteiger partial charge in [-0.25, -0.2) is 24.0 Å². The van der Waals surface area contributed by atoms with Crippen molar-refractivity contribution in [1.82, 2.24) is 24.9 Å². The molecule has 4 N–H and O–H groups in total. The number of likely N-dealkylation sites (tertiary alicyclic amines) is 1. The molecule has 296 valence electrons. The summed E-state index contributed by atoms with van der Waals surface area (Å²) in [6.45, 7) is 11.7. The van der Waals surface area contributed by atoms with Crippen molar-refractivity contribution in [2.75, 3.05) is 6.54 Å². The second-order valence-electron chi connectivity index (χ2n) is 16.3. The number of hydrazine groups is 1. The average Bonchev–Trinajstić information content (AvgIpc) is 3.97. The fourth-order valence-corrected chi connectivity index (χ4v) is 8.36. The van der Waals surface area contributed by atoms with Gasteiger partial charge in [0.1, 0.15) is 29.3 Å². The fraction of sp³-hybridized carbons (Fsp3) is 0.629. The molecule has 5 atom stereocenters. The van der Waals surface area contributed by atoms with Crippen LogP contribution in [-0.4, -0.2) is 94.5 Å². The van der Waals surface area contributed by atoms with Gasteiger partial charge in [0.05, 0.1) is 11.8 Å². The van der Waals surface area contributed by atoms with Crippen LogP contribution in [0.5, 0.6) is 17.4 Å². The third kappa shape index (κ3) is 7.56. The lowest BCUT2D eigenvalue weighted by molar-refractivity contribution is -0.286. The number of ether oxygens (including phenoxy) is 4. The number of carbonyl (C=O) groups excluding carboxylic acids is 4. The predicted molar refractivity (Wildman–Crippen MR) is 187 cm³/mol. The van der Waals surface area contributed by atoms with Crippen LogP contribution in [0.15, 0.2) is 24.4 Å². The van der Waals surface area contributed by atoms with E-state index in [-0.39, 0.29) is 47.5 Å². The Labute approximate surface area is 311 Å². The van der Waals surface area contributed by atoms with E-state index >= 15 is 0 Å². The molecule has 2 saturated carbocycles. The summed E-state index contributed by atoms with van der Waals surface area (Å²) < 4.78 is 76.5. The molecule has 6 rings (SSSR count). The fourth-order valence-electron chi connectivity index (χ4n) is 7.00. The van der Waals surface area contributed by atoms with Crippen LogP contribution < -0.4 is 30.1 Å². The van der Waals surface area contributed by atoms with Gasteiger partial charge in [-0.3, -0.25) is 24.1 Å². The number of carbonyl (C=O) groups is 4. The van der Waals surface area contributed by atoms with E-state index in [2.05, 4.69) is 19.8 Å². The van der Waals surface area contributed by atoms with Crippen LogP contribution in [0.25, 0.3) is 10.8 Å². The first kappa shape index (κ1) is 39.2. The highest BCUT2D eigenvalue weighted by atomic mass is 32.2. The number of fused-ring (bicyclic) bond motifs is 3. The lowest BCUT2D eigenvalue weighted by Crippen LogP contribution is -2.63. The number of rotatable bonds is 10. The van der Waals surface area contributed by atoms with E-state index in [0.717, 1.165) is 5.01 Å². The number of alkyl carbamates (subject to hydrolysis) is 1. The highest BCUT2D eigenvalue weighted by Crippen LogP contribution is 2.51. The van der Waals surface area contributed by atoms with E-state index in [9.17, 15) is 36.4 Å². The number of amides is 4. The molecular formula is C35H46F2N6O10S. The summed E-state index contributed by atoms with van der Waals surface area (Å²) in [6.07, 6.45) is -3.22. The zero-order valence-corrected chi connectivity index (χ0v) is 31.9. The van der Waals surface area contributed by atoms with Crippen molar-refractivity contribution in [2.24, 2.45) is 17.2 Å². The number of alkyl halides is 2. The van der Waals surface area contributed by atoms with Crippen LogP contribution in [-0.2, 0) is 29.1 Å². The molecule has 0 bridgehead atoms. The zero-order valence-electron chi connectivity index (χ0n) is 31.1. The molecule has 3 fully saturated rings. The number of halogens is 2. The van der Waals surface area contributed by atoms with Crippen molar-refractivity contribution in [3.8, 4) is 17.4 Å². The van der Waals surface area contributed by atoms with Gasteiger partial charge in [0.15, 0.2) is 11.5 Å². The van der Waals surface area contributed by atoms with Gasteiger partial charge in [-0.1, -0.05) is 34.1 Å². The van der Waals surface area contributed by atoms with Crippen molar-refractivity contribution >= 4 is 44.6 Å². The Balaban J connectivity index is 1.32. The van der Waals surface area contributed by atoms with Gasteiger partial charge in [0.2, 0.25) is 21.8 Å². The van der Waals surface area contributed by atoms with Crippen LogP contribution in [0.1, 0.15) is 80.6 Å². The number of sulfonamides is 1. The third-order valence-electron chi connectivity index (χ3n) is 9.98. The minimum atomic E-state index is -3.98. The predicted octanol–water partition coefficient (Wildman–Crippen LogP) is 3.32. The van der Waals surface area contributed by atoms with Gasteiger partial charge in [-0.15, -0.1) is 8.78 Å². The first-order valence-electron chi connectivity index (χ1n) is 17.8. The monoisotopic (exact) mass is 780 g/mol. The van der Waals surface area contributed by atoms with Gasteiger partial charge < -0.3 is 29.2 Å². The topological polar surface area (TPSA) is 209 Å². The molecule has 1 saturated heterocycles. The lowest BCUT2D eigenvalue weighted by atomic mass is 9.85. The molecule has 2 aliphatic carbocycles. The van der Waals surface area contributed by atoms with Crippen molar-refractivity contribution in [3.63, 3.8) is 0 Å². The number of nitrogens with two attached hydrogens (primary N) is 1. The molecule has 2 aromatic rings. The van der Waals surface area contributed by atoms with Crippen LogP contribution in [0.4, 0.5) is 13.6 Å². The summed E-state index contributed by atoms with van der Waals surface area (Å²) in [5.41, 5.74) is -3.49. The van der Waals surface area contributed by atoms with Crippen molar-refractivity contribution in [1.29, 1.82) is 0 Å². The summed E-state index contributed by atoms with van der Waals surface area (Å²) >= 11 is 0. The minimum Gasteiger partial charge on any atom is -0.472 e. The van der Waals surface area contributed by atoms with Crippen molar-refractivity contribution in [2.45, 2.75) is 121 Å². The standard InChI is InChI=1S/C35H46F2N6O10S/c1-8-18-16-34(18,30(46)41-54(48,49)20-9-10-20)43(38)28(44)23-15-19(17-42(23)29(45)26(32(2,3)4)40-31(47)53-33(5,6)7)50-27-22-11-12-24-25(21(22)13-14-39-27)52-35(36,37)51-24/h11-14,18-20,23,26H,8-10,15-17,38H2,1-7H3,(H,40,47)(H,41,46)/t18-,19-,23+,26-,34-/m1/s1. The molecule has 16 nitrogen and oxygen atoms in total. The van der Waals surface area contributed by atoms with Crippen molar-refractivity contribution in [3.05, 3.63) is 24.4 Å². The van der Waals surface area contributed by atoms with Gasteiger partial charge in [0, 0.05) is 23.4 Å². The Morgan fingerprint density at radius 1 is 1.09 bits per heavy atom. The molecule has 1 aromatic heterocycles. The molecule has 3 heterocycles. The van der Waals surface area contributed by atoms with E-state index in [4.69, 9.17) is 20.1 Å². The molecule has 54 heavy (non-hydrogen) atoms. The second-order valence-corrected chi connectivity index (χ2v) is 18.3. The summed E-state index contributed by atoms with van der Waals surface area (Å²) in [7, 11) is -3.98. The van der Waals surface area contributed by atoms with Crippen LogP contribution in [0.3, 0.4) is 0 Å². The molecule has 4 aliphatic rings. The average molecular weight is 781 g/mol. The lowest BCUT2D eigenvalue weighted by Gasteiger charge is -2.37. The molecule has 4 amide bonds. The normalized spacial score (nSPS) is 25.1. The number of nitrogens with zero attached hydrogens (tertiary/aromatic N) is 3. The maximum atomic E-state index is 14.5. The number of nitrogens with one attached hydrogen (secondary N) is 2. The van der Waals surface area contributed by atoms with Crippen LogP contribution in [0, 0.1) is 11.3 Å². The van der Waals surface area contributed by atoms with Gasteiger partial charge in [0.25, 0.3) is 11.8 Å². The van der Waals surface area contributed by atoms with Gasteiger partial charge in [-0.2, -0.15) is 0 Å². The molecule has 2 aliphatic heterocycles. The Morgan fingerprint density at radius 3 is 2.37 bits per heavy atom. The highest BCUT2D eigenvalue weighted by molar-refractivity contribution is 7.91. The van der Waals surface area contributed by atoms with E-state index in [1.807, 2.05) is 0 Å². The molecule has 0 spiro atoms. The van der Waals surface area contributed by atoms with Gasteiger partial charge in [-0.05, 0) is 69.6 Å². The molecular weight excluding hydrogens is 734 g/mol. The highest BCUT2D eigenvalue weighted by Gasteiger charge is 2.66. The Morgan fingerprint density at radius 2 is 1.78 bits per heavy atom. The summed E-state index contributed by atoms with van der Waals surface area (Å²) in [5, 5.41) is 3.16. The zero-order chi connectivity index (χ0) is 39.8. The van der Waals surface area contributed by atoms with E-state index in [1.165, 1.54) is 29.3 Å². The number of pyridine rings is 1. The SMILES string of the molecule is CC[C@@H]1C[C@@]1(C(=O)NS(=O)(=O)C1CC1)N(N)C(=O)[C@@H]1C[C@@H](Oc2nccc3c4c(ccc23)OC(F)(F)O4)CN1C(=O)[C@@H](NC(=O)OC(C)(C)C)C(C)(C)C. The molecule has 1 aromatic carbocycles. The maximum absolute atomic E-state index is 14.5. The van der Waals surface area contributed by atoms with E-state index < -0.39 is 86.0 Å². The summed E-state index contributed by atoms with van der Waals surface area (Å²) in [5.74, 6) is 3.15.